The first kappa shape index (κ1) is 6.65. The molecule has 0 atom stereocenters. The monoisotopic (exact) mass is 173 g/mol. The van der Waals surface area contributed by atoms with Gasteiger partial charge >= 0.3 is 0 Å². The Hall–Kier alpha value is -1.84. The predicted octanol–water partition coefficient (Wildman–Crippen LogP) is 0.806. The Balaban J connectivity index is 2.51. The van der Waals surface area contributed by atoms with Crippen LogP contribution in [0.5, 0.6) is 0 Å². The maximum absolute atomic E-state index is 11.4. The van der Waals surface area contributed by atoms with Crippen molar-refractivity contribution in [1.29, 1.82) is 0 Å². The third-order valence-corrected chi connectivity index (χ3v) is 2.34. The van der Waals surface area contributed by atoms with Crippen LogP contribution >= 0.6 is 0 Å². The van der Waals surface area contributed by atoms with Crippen molar-refractivity contribution in [1.82, 2.24) is 15.3 Å². The van der Waals surface area contributed by atoms with Crippen LogP contribution < -0.4 is 5.32 Å². The van der Waals surface area contributed by atoms with Gasteiger partial charge < -0.3 is 10.3 Å². The normalized spacial score (nSPS) is 14.6. The van der Waals surface area contributed by atoms with Crippen LogP contribution in [0.4, 0.5) is 0 Å². The van der Waals surface area contributed by atoms with Crippen molar-refractivity contribution >= 4 is 16.9 Å². The fourth-order valence-electron chi connectivity index (χ4n) is 1.72. The summed E-state index contributed by atoms with van der Waals surface area (Å²) in [5, 5.41) is 3.76. The summed E-state index contributed by atoms with van der Waals surface area (Å²) < 4.78 is 0. The third-order valence-electron chi connectivity index (χ3n) is 2.34. The Bertz CT molecular complexity index is 501. The second-order valence-electron chi connectivity index (χ2n) is 3.08. The minimum atomic E-state index is -0.0215. The highest BCUT2D eigenvalue weighted by Gasteiger charge is 2.19. The summed E-state index contributed by atoms with van der Waals surface area (Å²) in [6.07, 6.45) is 3.45. The van der Waals surface area contributed by atoms with Gasteiger partial charge in [0, 0.05) is 24.3 Å². The first-order valence-electron chi connectivity index (χ1n) is 4.09. The smallest absolute Gasteiger partial charge is 0.253 e. The quantitative estimate of drug-likeness (QED) is 0.619. The lowest BCUT2D eigenvalue weighted by atomic mass is 10.1. The molecule has 2 aromatic heterocycles. The molecule has 0 aromatic carbocycles. The summed E-state index contributed by atoms with van der Waals surface area (Å²) in [6, 6.07) is 1.93. The van der Waals surface area contributed by atoms with Gasteiger partial charge in [-0.1, -0.05) is 0 Å². The molecule has 0 saturated heterocycles. The summed E-state index contributed by atoms with van der Waals surface area (Å²) in [5.41, 5.74) is 2.62. The molecule has 3 heterocycles. The highest BCUT2D eigenvalue weighted by atomic mass is 16.1. The molecule has 4 heteroatoms. The zero-order chi connectivity index (χ0) is 8.84. The van der Waals surface area contributed by atoms with Crippen LogP contribution in [0.15, 0.2) is 18.5 Å². The molecular weight excluding hydrogens is 166 g/mol. The fraction of sp³-hybridized carbons (Fsp3) is 0.111. The van der Waals surface area contributed by atoms with Gasteiger partial charge in [-0.05, 0) is 11.6 Å². The van der Waals surface area contributed by atoms with Gasteiger partial charge in [0.05, 0.1) is 5.56 Å². The second-order valence-corrected chi connectivity index (χ2v) is 3.08. The van der Waals surface area contributed by atoms with Gasteiger partial charge in [-0.2, -0.15) is 0 Å². The molecule has 2 aromatic rings. The average Bonchev–Trinajstić information content (AvgIpc) is 2.57. The van der Waals surface area contributed by atoms with Gasteiger partial charge in [-0.3, -0.25) is 4.79 Å². The summed E-state index contributed by atoms with van der Waals surface area (Å²) >= 11 is 0. The van der Waals surface area contributed by atoms with E-state index in [1.165, 1.54) is 0 Å². The Morgan fingerprint density at radius 1 is 1.46 bits per heavy atom. The van der Waals surface area contributed by atoms with E-state index in [0.29, 0.717) is 12.1 Å². The second kappa shape index (κ2) is 2.10. The van der Waals surface area contributed by atoms with Gasteiger partial charge in [-0.25, -0.2) is 4.98 Å². The number of amides is 1. The van der Waals surface area contributed by atoms with Crippen molar-refractivity contribution in [3.8, 4) is 0 Å². The van der Waals surface area contributed by atoms with E-state index in [9.17, 15) is 4.79 Å². The molecule has 1 amide bonds. The topological polar surface area (TPSA) is 57.8 Å². The van der Waals surface area contributed by atoms with Crippen LogP contribution in [0.1, 0.15) is 15.9 Å². The lowest BCUT2D eigenvalue weighted by Gasteiger charge is -2.12. The van der Waals surface area contributed by atoms with E-state index in [4.69, 9.17) is 0 Å². The summed E-state index contributed by atoms with van der Waals surface area (Å²) in [7, 11) is 0. The maximum Gasteiger partial charge on any atom is 0.253 e. The van der Waals surface area contributed by atoms with Gasteiger partial charge in [0.25, 0.3) is 5.91 Å². The molecule has 0 radical (unpaired) electrons. The molecule has 2 N–H and O–H groups in total. The fourth-order valence-corrected chi connectivity index (χ4v) is 1.72. The Morgan fingerprint density at radius 3 is 3.31 bits per heavy atom. The molecule has 64 valence electrons. The minimum Gasteiger partial charge on any atom is -0.348 e. The highest BCUT2D eigenvalue weighted by Crippen LogP contribution is 2.23. The number of hydrogen-bond donors (Lipinski definition) is 2. The van der Waals surface area contributed by atoms with E-state index in [1.807, 2.05) is 6.07 Å². The van der Waals surface area contributed by atoms with Crippen molar-refractivity contribution in [2.75, 3.05) is 0 Å². The molecule has 0 aliphatic carbocycles. The molecule has 13 heavy (non-hydrogen) atoms. The summed E-state index contributed by atoms with van der Waals surface area (Å²) in [5.74, 6) is -0.0215. The summed E-state index contributed by atoms with van der Waals surface area (Å²) in [4.78, 5) is 18.5. The number of aromatic nitrogens is 2. The molecule has 1 aliphatic rings. The first-order valence-corrected chi connectivity index (χ1v) is 4.09. The van der Waals surface area contributed by atoms with Gasteiger partial charge in [0.15, 0.2) is 0 Å². The molecule has 0 bridgehead atoms. The van der Waals surface area contributed by atoms with Crippen LogP contribution in [0, 0.1) is 0 Å². The molecule has 0 unspecified atom stereocenters. The van der Waals surface area contributed by atoms with E-state index in [0.717, 1.165) is 16.6 Å². The number of carbonyl (C=O) groups excluding carboxylic acids is 1. The largest absolute Gasteiger partial charge is 0.348 e. The predicted molar refractivity (Wildman–Crippen MR) is 47.3 cm³/mol. The van der Waals surface area contributed by atoms with Gasteiger partial charge in [0.2, 0.25) is 0 Å². The van der Waals surface area contributed by atoms with Crippen molar-refractivity contribution in [3.05, 3.63) is 29.6 Å². The molecule has 0 fully saturated rings. The lowest BCUT2D eigenvalue weighted by Crippen LogP contribution is -2.26. The molecule has 4 nitrogen and oxygen atoms in total. The number of nitrogens with one attached hydrogen (secondary N) is 2. The van der Waals surface area contributed by atoms with Crippen LogP contribution in [0.25, 0.3) is 11.0 Å². The number of pyridine rings is 1. The minimum absolute atomic E-state index is 0.0215. The number of hydrogen-bond acceptors (Lipinski definition) is 2. The van der Waals surface area contributed by atoms with E-state index >= 15 is 0 Å². The molecular formula is C9H7N3O. The van der Waals surface area contributed by atoms with Gasteiger partial charge in [-0.15, -0.1) is 0 Å². The third kappa shape index (κ3) is 0.744. The lowest BCUT2D eigenvalue weighted by molar-refractivity contribution is 0.0949. The number of carbonyl (C=O) groups is 1. The summed E-state index contributed by atoms with van der Waals surface area (Å²) in [6.45, 7) is 0.600. The number of nitrogens with zero attached hydrogens (tertiary/aromatic N) is 1. The SMILES string of the molecule is O=C1NCc2ccnc3[nH]cc1c23. The average molecular weight is 173 g/mol. The van der Waals surface area contributed by atoms with Crippen molar-refractivity contribution < 1.29 is 4.79 Å². The Morgan fingerprint density at radius 2 is 2.38 bits per heavy atom. The van der Waals surface area contributed by atoms with E-state index in [1.54, 1.807) is 12.4 Å². The number of rotatable bonds is 0. The molecule has 3 rings (SSSR count). The van der Waals surface area contributed by atoms with E-state index in [-0.39, 0.29) is 5.91 Å². The van der Waals surface area contributed by atoms with Crippen LogP contribution in [0.3, 0.4) is 0 Å². The van der Waals surface area contributed by atoms with Crippen LogP contribution in [0.2, 0.25) is 0 Å². The Kier molecular flexibility index (Phi) is 1.07. The van der Waals surface area contributed by atoms with Crippen molar-refractivity contribution in [2.24, 2.45) is 0 Å². The number of H-pyrrole nitrogens is 1. The van der Waals surface area contributed by atoms with E-state index in [2.05, 4.69) is 15.3 Å². The maximum atomic E-state index is 11.4. The zero-order valence-electron chi connectivity index (χ0n) is 6.79. The number of aromatic amines is 1. The molecule has 0 spiro atoms. The van der Waals surface area contributed by atoms with Gasteiger partial charge in [0.1, 0.15) is 5.65 Å². The molecule has 0 saturated carbocycles. The highest BCUT2D eigenvalue weighted by molar-refractivity contribution is 6.08. The zero-order valence-corrected chi connectivity index (χ0v) is 6.79. The van der Waals surface area contributed by atoms with Crippen molar-refractivity contribution in [2.45, 2.75) is 6.54 Å². The van der Waals surface area contributed by atoms with Crippen molar-refractivity contribution in [3.63, 3.8) is 0 Å². The van der Waals surface area contributed by atoms with Crippen LogP contribution in [-0.4, -0.2) is 15.9 Å². The van der Waals surface area contributed by atoms with Crippen LogP contribution in [-0.2, 0) is 6.54 Å². The standard InChI is InChI=1S/C9H7N3O/c13-9-6-4-11-8-7(6)5(3-12-9)1-2-10-8/h1-2,4H,3H2,(H,10,11)(H,12,13). The first-order chi connectivity index (χ1) is 6.36. The Labute approximate surface area is 74.0 Å². The van der Waals surface area contributed by atoms with E-state index < -0.39 is 0 Å². The molecule has 1 aliphatic heterocycles.